The zero-order valence-corrected chi connectivity index (χ0v) is 15.5. The summed E-state index contributed by atoms with van der Waals surface area (Å²) >= 11 is 0. The van der Waals surface area contributed by atoms with E-state index in [-0.39, 0.29) is 11.9 Å². The molecule has 0 saturated carbocycles. The molecule has 1 amide bonds. The summed E-state index contributed by atoms with van der Waals surface area (Å²) in [6.07, 6.45) is 4.52. The van der Waals surface area contributed by atoms with Crippen LogP contribution in [0.2, 0.25) is 0 Å². The van der Waals surface area contributed by atoms with Crippen LogP contribution in [0.15, 0.2) is 29.3 Å². The van der Waals surface area contributed by atoms with Gasteiger partial charge in [0.25, 0.3) is 5.91 Å². The third kappa shape index (κ3) is 7.49. The normalized spacial score (nSPS) is 12.6. The van der Waals surface area contributed by atoms with Crippen molar-refractivity contribution in [2.24, 2.45) is 4.99 Å². The number of guanidine groups is 1. The lowest BCUT2D eigenvalue weighted by Crippen LogP contribution is -2.37. The number of benzene rings is 1. The van der Waals surface area contributed by atoms with E-state index in [9.17, 15) is 4.79 Å². The maximum absolute atomic E-state index is 12.1. The molecule has 1 aromatic rings. The van der Waals surface area contributed by atoms with Gasteiger partial charge in [0, 0.05) is 31.7 Å². The highest BCUT2D eigenvalue weighted by Crippen LogP contribution is 2.05. The molecule has 5 nitrogen and oxygen atoms in total. The molecule has 24 heavy (non-hydrogen) atoms. The minimum atomic E-state index is -0.0164. The SMILES string of the molecule is CCCCCNC(=NC)NCc1ccc(C(=O)NC(C)CC)cc1. The van der Waals surface area contributed by atoms with Crippen molar-refractivity contribution in [3.8, 4) is 0 Å². The van der Waals surface area contributed by atoms with Crippen LogP contribution < -0.4 is 16.0 Å². The Hall–Kier alpha value is -2.04. The van der Waals surface area contributed by atoms with Crippen LogP contribution in [0.3, 0.4) is 0 Å². The molecule has 1 unspecified atom stereocenters. The molecule has 134 valence electrons. The number of hydrogen-bond acceptors (Lipinski definition) is 2. The number of unbranched alkanes of at least 4 members (excludes halogenated alkanes) is 2. The zero-order valence-electron chi connectivity index (χ0n) is 15.5. The number of amides is 1. The predicted molar refractivity (Wildman–Crippen MR) is 101 cm³/mol. The van der Waals surface area contributed by atoms with Crippen molar-refractivity contribution < 1.29 is 4.79 Å². The Bertz CT molecular complexity index is 511. The van der Waals surface area contributed by atoms with E-state index >= 15 is 0 Å². The molecule has 0 aliphatic heterocycles. The van der Waals surface area contributed by atoms with Gasteiger partial charge in [0.05, 0.1) is 0 Å². The Balaban J connectivity index is 2.44. The second kappa shape index (κ2) is 11.5. The molecule has 0 aliphatic carbocycles. The average molecular weight is 332 g/mol. The monoisotopic (exact) mass is 332 g/mol. The summed E-state index contributed by atoms with van der Waals surface area (Å²) in [7, 11) is 1.78. The molecule has 0 saturated heterocycles. The van der Waals surface area contributed by atoms with Gasteiger partial charge in [-0.25, -0.2) is 0 Å². The van der Waals surface area contributed by atoms with E-state index in [4.69, 9.17) is 0 Å². The number of aliphatic imine (C=N–C) groups is 1. The van der Waals surface area contributed by atoms with Crippen LogP contribution in [0.1, 0.15) is 62.4 Å². The van der Waals surface area contributed by atoms with Crippen LogP contribution in [0.4, 0.5) is 0 Å². The predicted octanol–water partition coefficient (Wildman–Crippen LogP) is 3.07. The molecule has 0 spiro atoms. The third-order valence-electron chi connectivity index (χ3n) is 3.96. The van der Waals surface area contributed by atoms with Gasteiger partial charge in [-0.15, -0.1) is 0 Å². The second-order valence-corrected chi connectivity index (χ2v) is 6.04. The largest absolute Gasteiger partial charge is 0.356 e. The van der Waals surface area contributed by atoms with Crippen molar-refractivity contribution in [1.82, 2.24) is 16.0 Å². The maximum Gasteiger partial charge on any atom is 0.251 e. The number of nitrogens with one attached hydrogen (secondary N) is 3. The molecule has 1 aromatic carbocycles. The first-order valence-electron chi connectivity index (χ1n) is 8.95. The quantitative estimate of drug-likeness (QED) is 0.370. The van der Waals surface area contributed by atoms with Crippen LogP contribution in [-0.2, 0) is 6.54 Å². The molecular formula is C19H32N4O. The Morgan fingerprint density at radius 1 is 1.12 bits per heavy atom. The fourth-order valence-electron chi connectivity index (χ4n) is 2.17. The first kappa shape index (κ1) is 20.0. The lowest BCUT2D eigenvalue weighted by atomic mass is 10.1. The second-order valence-electron chi connectivity index (χ2n) is 6.04. The highest BCUT2D eigenvalue weighted by atomic mass is 16.1. The Labute approximate surface area is 146 Å². The van der Waals surface area contributed by atoms with Gasteiger partial charge in [0.2, 0.25) is 0 Å². The first-order chi connectivity index (χ1) is 11.6. The van der Waals surface area contributed by atoms with Gasteiger partial charge in [-0.1, -0.05) is 38.8 Å². The standard InChI is InChI=1S/C19H32N4O/c1-5-7-8-13-21-19(20-4)22-14-16-9-11-17(12-10-16)18(24)23-15(3)6-2/h9-12,15H,5-8,13-14H2,1-4H3,(H,23,24)(H2,20,21,22). The zero-order chi connectivity index (χ0) is 17.8. The minimum absolute atomic E-state index is 0.0164. The summed E-state index contributed by atoms with van der Waals surface area (Å²) in [6, 6.07) is 7.88. The lowest BCUT2D eigenvalue weighted by molar-refractivity contribution is 0.0939. The molecule has 0 aliphatic rings. The van der Waals surface area contributed by atoms with Crippen LogP contribution in [0.25, 0.3) is 0 Å². The fourth-order valence-corrected chi connectivity index (χ4v) is 2.17. The highest BCUT2D eigenvalue weighted by Gasteiger charge is 2.08. The van der Waals surface area contributed by atoms with Crippen molar-refractivity contribution >= 4 is 11.9 Å². The van der Waals surface area contributed by atoms with Crippen molar-refractivity contribution in [1.29, 1.82) is 0 Å². The average Bonchev–Trinajstić information content (AvgIpc) is 2.61. The lowest BCUT2D eigenvalue weighted by Gasteiger charge is -2.13. The van der Waals surface area contributed by atoms with Crippen molar-refractivity contribution in [2.45, 2.75) is 59.0 Å². The van der Waals surface area contributed by atoms with Crippen molar-refractivity contribution in [3.63, 3.8) is 0 Å². The van der Waals surface area contributed by atoms with Crippen LogP contribution in [-0.4, -0.2) is 31.5 Å². The molecule has 0 heterocycles. The number of carbonyl (C=O) groups is 1. The van der Waals surface area contributed by atoms with Gasteiger partial charge in [0.1, 0.15) is 0 Å². The smallest absolute Gasteiger partial charge is 0.251 e. The number of rotatable bonds is 9. The van der Waals surface area contributed by atoms with Crippen molar-refractivity contribution in [2.75, 3.05) is 13.6 Å². The topological polar surface area (TPSA) is 65.5 Å². The van der Waals surface area contributed by atoms with Gasteiger partial charge in [-0.05, 0) is 37.5 Å². The molecule has 5 heteroatoms. The van der Waals surface area contributed by atoms with Gasteiger partial charge >= 0.3 is 0 Å². The summed E-state index contributed by atoms with van der Waals surface area (Å²) in [5, 5.41) is 9.57. The summed E-state index contributed by atoms with van der Waals surface area (Å²) in [5.74, 6) is 0.793. The van der Waals surface area contributed by atoms with E-state index < -0.39 is 0 Å². The summed E-state index contributed by atoms with van der Waals surface area (Å²) in [6.45, 7) is 7.88. The molecule has 0 aromatic heterocycles. The molecule has 1 rings (SSSR count). The van der Waals surface area contributed by atoms with E-state index in [1.165, 1.54) is 12.8 Å². The Morgan fingerprint density at radius 2 is 1.83 bits per heavy atom. The minimum Gasteiger partial charge on any atom is -0.356 e. The summed E-state index contributed by atoms with van der Waals surface area (Å²) in [4.78, 5) is 16.3. The first-order valence-corrected chi connectivity index (χ1v) is 8.95. The van der Waals surface area contributed by atoms with E-state index in [1.54, 1.807) is 7.05 Å². The summed E-state index contributed by atoms with van der Waals surface area (Å²) < 4.78 is 0. The van der Waals surface area contributed by atoms with Gasteiger partial charge < -0.3 is 16.0 Å². The van der Waals surface area contributed by atoms with Crippen LogP contribution in [0, 0.1) is 0 Å². The van der Waals surface area contributed by atoms with Gasteiger partial charge in [-0.3, -0.25) is 9.79 Å². The summed E-state index contributed by atoms with van der Waals surface area (Å²) in [5.41, 5.74) is 1.81. The van der Waals surface area contributed by atoms with Gasteiger partial charge in [0.15, 0.2) is 5.96 Å². The number of carbonyl (C=O) groups excluding carboxylic acids is 1. The third-order valence-corrected chi connectivity index (χ3v) is 3.96. The fraction of sp³-hybridized carbons (Fsp3) is 0.579. The molecule has 0 radical (unpaired) electrons. The van der Waals surface area contributed by atoms with Gasteiger partial charge in [-0.2, -0.15) is 0 Å². The molecule has 1 atom stereocenters. The molecule has 0 fully saturated rings. The molecule has 3 N–H and O–H groups in total. The number of nitrogens with zero attached hydrogens (tertiary/aromatic N) is 1. The van der Waals surface area contributed by atoms with E-state index in [2.05, 4.69) is 34.8 Å². The van der Waals surface area contributed by atoms with Crippen LogP contribution in [0.5, 0.6) is 0 Å². The highest BCUT2D eigenvalue weighted by molar-refractivity contribution is 5.94. The Kier molecular flexibility index (Phi) is 9.58. The molecular weight excluding hydrogens is 300 g/mol. The Morgan fingerprint density at radius 3 is 2.42 bits per heavy atom. The number of hydrogen-bond donors (Lipinski definition) is 3. The molecule has 0 bridgehead atoms. The van der Waals surface area contributed by atoms with Crippen LogP contribution >= 0.6 is 0 Å². The maximum atomic E-state index is 12.1. The van der Waals surface area contributed by atoms with E-state index in [0.29, 0.717) is 12.1 Å². The van der Waals surface area contributed by atoms with E-state index in [1.807, 2.05) is 31.2 Å². The van der Waals surface area contributed by atoms with E-state index in [0.717, 1.165) is 30.9 Å². The van der Waals surface area contributed by atoms with Crippen molar-refractivity contribution in [3.05, 3.63) is 35.4 Å².